The molecule has 4 aromatic heterocycles. The maximum absolute atomic E-state index is 14.8. The molecule has 0 radical (unpaired) electrons. The van der Waals surface area contributed by atoms with Crippen LogP contribution in [0.2, 0.25) is 0 Å². The Balaban J connectivity index is 1.61. The molecular weight excluding hydrogens is 343 g/mol. The molecular formula is C20H21FN6. The Morgan fingerprint density at radius 3 is 2.67 bits per heavy atom. The minimum atomic E-state index is -0.325. The fraction of sp³-hybridized carbons (Fsp3) is 0.350. The van der Waals surface area contributed by atoms with E-state index in [4.69, 9.17) is 0 Å². The molecule has 0 spiro atoms. The van der Waals surface area contributed by atoms with Crippen molar-refractivity contribution in [1.82, 2.24) is 29.3 Å². The number of hydrogen-bond acceptors (Lipinski definition) is 4. The van der Waals surface area contributed by atoms with Gasteiger partial charge in [0.1, 0.15) is 0 Å². The van der Waals surface area contributed by atoms with Crippen LogP contribution in [0.25, 0.3) is 22.6 Å². The van der Waals surface area contributed by atoms with Crippen LogP contribution in [0.4, 0.5) is 4.39 Å². The van der Waals surface area contributed by atoms with Gasteiger partial charge in [-0.15, -0.1) is 0 Å². The molecule has 0 aromatic carbocycles. The zero-order chi connectivity index (χ0) is 18.5. The van der Waals surface area contributed by atoms with Gasteiger partial charge < -0.3 is 9.72 Å². The lowest BCUT2D eigenvalue weighted by molar-refractivity contribution is 0.454. The lowest BCUT2D eigenvalue weighted by Gasteiger charge is -2.20. The number of imidazole rings is 2. The van der Waals surface area contributed by atoms with Crippen molar-refractivity contribution in [3.8, 4) is 11.3 Å². The lowest BCUT2D eigenvalue weighted by Crippen LogP contribution is -2.26. The van der Waals surface area contributed by atoms with Crippen molar-refractivity contribution in [2.24, 2.45) is 0 Å². The maximum atomic E-state index is 14.8. The zero-order valence-corrected chi connectivity index (χ0v) is 15.4. The molecule has 6 nitrogen and oxygen atoms in total. The van der Waals surface area contributed by atoms with Gasteiger partial charge in [0, 0.05) is 23.9 Å². The quantitative estimate of drug-likeness (QED) is 0.593. The fourth-order valence-corrected chi connectivity index (χ4v) is 3.92. The number of nitrogens with one attached hydrogen (secondary N) is 1. The number of rotatable bonds is 2. The minimum absolute atomic E-state index is 0.325. The Kier molecular flexibility index (Phi) is 3.72. The summed E-state index contributed by atoms with van der Waals surface area (Å²) in [5.41, 5.74) is 5.54. The Morgan fingerprint density at radius 2 is 1.85 bits per heavy atom. The molecule has 1 aliphatic heterocycles. The summed E-state index contributed by atoms with van der Waals surface area (Å²) in [6, 6.07) is 3.47. The topological polar surface area (TPSA) is 59.5 Å². The van der Waals surface area contributed by atoms with Gasteiger partial charge >= 0.3 is 0 Å². The first-order chi connectivity index (χ1) is 13.1. The van der Waals surface area contributed by atoms with Crippen molar-refractivity contribution in [3.63, 3.8) is 0 Å². The number of nitrogens with zero attached hydrogens (tertiary/aromatic N) is 5. The van der Waals surface area contributed by atoms with Crippen LogP contribution >= 0.6 is 0 Å². The highest BCUT2D eigenvalue weighted by Gasteiger charge is 2.20. The Bertz CT molecular complexity index is 1150. The van der Waals surface area contributed by atoms with E-state index in [1.54, 1.807) is 8.92 Å². The highest BCUT2D eigenvalue weighted by Crippen LogP contribution is 2.28. The Labute approximate surface area is 156 Å². The number of piperidine rings is 1. The van der Waals surface area contributed by atoms with E-state index < -0.39 is 0 Å². The average molecular weight is 364 g/mol. The van der Waals surface area contributed by atoms with Gasteiger partial charge in [0.05, 0.1) is 23.3 Å². The molecule has 5 rings (SSSR count). The van der Waals surface area contributed by atoms with Gasteiger partial charge in [-0.2, -0.15) is 5.10 Å². The van der Waals surface area contributed by atoms with Gasteiger partial charge in [0.2, 0.25) is 0 Å². The van der Waals surface area contributed by atoms with Crippen molar-refractivity contribution in [3.05, 3.63) is 53.5 Å². The number of halogens is 1. The van der Waals surface area contributed by atoms with E-state index in [1.165, 1.54) is 6.07 Å². The van der Waals surface area contributed by atoms with Crippen LogP contribution < -0.4 is 5.32 Å². The predicted molar refractivity (Wildman–Crippen MR) is 101 cm³/mol. The van der Waals surface area contributed by atoms with Crippen LogP contribution in [0.1, 0.15) is 35.7 Å². The standard InChI is InChI=1S/C20H21FN6/c1-12-7-17(25-27-9-13(2)23-19(12)27)15-8-16(21)20-24-18(11-26(20)10-15)14-3-5-22-6-4-14/h7-11,14,22H,3-6H2,1-2H3. The zero-order valence-electron chi connectivity index (χ0n) is 15.4. The van der Waals surface area contributed by atoms with Crippen molar-refractivity contribution < 1.29 is 4.39 Å². The largest absolute Gasteiger partial charge is 0.317 e. The third kappa shape index (κ3) is 2.78. The molecule has 0 bridgehead atoms. The Hall–Kier alpha value is -2.80. The van der Waals surface area contributed by atoms with E-state index in [9.17, 15) is 4.39 Å². The smallest absolute Gasteiger partial charge is 0.173 e. The highest BCUT2D eigenvalue weighted by atomic mass is 19.1. The van der Waals surface area contributed by atoms with Crippen molar-refractivity contribution in [1.29, 1.82) is 0 Å². The molecule has 1 fully saturated rings. The average Bonchev–Trinajstić information content (AvgIpc) is 3.26. The van der Waals surface area contributed by atoms with Crippen LogP contribution in [0, 0.1) is 19.7 Å². The van der Waals surface area contributed by atoms with Gasteiger partial charge in [-0.1, -0.05) is 0 Å². The second-order valence-electron chi connectivity index (χ2n) is 7.36. The third-order valence-corrected chi connectivity index (χ3v) is 5.31. The van der Waals surface area contributed by atoms with Crippen LogP contribution in [-0.4, -0.2) is 37.1 Å². The number of aromatic nitrogens is 5. The van der Waals surface area contributed by atoms with Gasteiger partial charge in [-0.25, -0.2) is 18.9 Å². The molecule has 5 heterocycles. The molecule has 0 amide bonds. The summed E-state index contributed by atoms with van der Waals surface area (Å²) in [6.45, 7) is 5.90. The summed E-state index contributed by atoms with van der Waals surface area (Å²) in [6.07, 6.45) is 7.83. The first-order valence-corrected chi connectivity index (χ1v) is 9.31. The molecule has 0 atom stereocenters. The van der Waals surface area contributed by atoms with Crippen molar-refractivity contribution in [2.75, 3.05) is 13.1 Å². The summed E-state index contributed by atoms with van der Waals surface area (Å²) in [5.74, 6) is 0.0636. The van der Waals surface area contributed by atoms with E-state index in [-0.39, 0.29) is 5.82 Å². The summed E-state index contributed by atoms with van der Waals surface area (Å²) in [4.78, 5) is 9.04. The predicted octanol–water partition coefficient (Wildman–Crippen LogP) is 3.27. The molecule has 0 saturated carbocycles. The molecule has 7 heteroatoms. The molecule has 4 aromatic rings. The first-order valence-electron chi connectivity index (χ1n) is 9.31. The summed E-state index contributed by atoms with van der Waals surface area (Å²) >= 11 is 0. The number of fused-ring (bicyclic) bond motifs is 2. The van der Waals surface area contributed by atoms with Crippen LogP contribution in [0.3, 0.4) is 0 Å². The van der Waals surface area contributed by atoms with Crippen LogP contribution in [-0.2, 0) is 0 Å². The molecule has 0 unspecified atom stereocenters. The lowest BCUT2D eigenvalue weighted by atomic mass is 9.95. The monoisotopic (exact) mass is 364 g/mol. The Morgan fingerprint density at radius 1 is 1.04 bits per heavy atom. The van der Waals surface area contributed by atoms with E-state index in [0.29, 0.717) is 11.6 Å². The summed E-state index contributed by atoms with van der Waals surface area (Å²) in [7, 11) is 0. The number of aryl methyl sites for hydroxylation is 2. The van der Waals surface area contributed by atoms with Gasteiger partial charge in [-0.05, 0) is 57.5 Å². The van der Waals surface area contributed by atoms with E-state index in [2.05, 4.69) is 20.4 Å². The van der Waals surface area contributed by atoms with Crippen LogP contribution in [0.5, 0.6) is 0 Å². The highest BCUT2D eigenvalue weighted by molar-refractivity contribution is 5.64. The van der Waals surface area contributed by atoms with Crippen LogP contribution in [0.15, 0.2) is 30.7 Å². The van der Waals surface area contributed by atoms with Gasteiger partial charge in [-0.3, -0.25) is 0 Å². The molecule has 1 N–H and O–H groups in total. The molecule has 27 heavy (non-hydrogen) atoms. The SMILES string of the molecule is Cc1cn2nc(-c3cc(F)c4nc(C5CCNCC5)cn4c3)cc(C)c2n1. The second kappa shape index (κ2) is 6.13. The maximum Gasteiger partial charge on any atom is 0.173 e. The van der Waals surface area contributed by atoms with E-state index in [1.807, 2.05) is 38.5 Å². The normalized spacial score (nSPS) is 15.8. The summed E-state index contributed by atoms with van der Waals surface area (Å²) < 4.78 is 18.3. The molecule has 138 valence electrons. The molecule has 0 aliphatic carbocycles. The second-order valence-corrected chi connectivity index (χ2v) is 7.36. The summed E-state index contributed by atoms with van der Waals surface area (Å²) in [5, 5.41) is 7.97. The molecule has 1 aliphatic rings. The fourth-order valence-electron chi connectivity index (χ4n) is 3.92. The van der Waals surface area contributed by atoms with Crippen molar-refractivity contribution >= 4 is 11.3 Å². The van der Waals surface area contributed by atoms with Gasteiger partial charge in [0.15, 0.2) is 17.1 Å². The minimum Gasteiger partial charge on any atom is -0.317 e. The first kappa shape index (κ1) is 16.4. The van der Waals surface area contributed by atoms with Gasteiger partial charge in [0.25, 0.3) is 0 Å². The van der Waals surface area contributed by atoms with Crippen molar-refractivity contribution in [2.45, 2.75) is 32.6 Å². The number of hydrogen-bond donors (Lipinski definition) is 1. The molecule has 1 saturated heterocycles. The van der Waals surface area contributed by atoms with E-state index >= 15 is 0 Å². The number of pyridine rings is 1. The third-order valence-electron chi connectivity index (χ3n) is 5.31. The van der Waals surface area contributed by atoms with E-state index in [0.717, 1.165) is 59.8 Å².